The summed E-state index contributed by atoms with van der Waals surface area (Å²) in [6, 6.07) is 3.96. The van der Waals surface area contributed by atoms with E-state index in [1.807, 2.05) is 0 Å². The lowest BCUT2D eigenvalue weighted by Crippen LogP contribution is -2.41. The molecule has 2 aliphatic carbocycles. The van der Waals surface area contributed by atoms with Gasteiger partial charge in [-0.3, -0.25) is 19.1 Å². The number of alkyl halides is 3. The molecule has 2 aliphatic rings. The van der Waals surface area contributed by atoms with E-state index in [1.165, 1.54) is 18.1 Å². The normalized spacial score (nSPS) is 22.7. The van der Waals surface area contributed by atoms with Gasteiger partial charge in [0.05, 0.1) is 47.5 Å². The van der Waals surface area contributed by atoms with Crippen LogP contribution < -0.4 is 4.74 Å². The number of nitrogens with zero attached hydrogens (tertiary/aromatic N) is 3. The van der Waals surface area contributed by atoms with Gasteiger partial charge in [0.1, 0.15) is 5.75 Å². The van der Waals surface area contributed by atoms with Crippen LogP contribution in [0.4, 0.5) is 13.2 Å². The molecule has 1 aromatic carbocycles. The maximum absolute atomic E-state index is 14.6. The van der Waals surface area contributed by atoms with Crippen LogP contribution in [0.15, 0.2) is 24.4 Å². The average Bonchev–Trinajstić information content (AvgIpc) is 3.39. The number of amides is 1. The van der Waals surface area contributed by atoms with Gasteiger partial charge in [-0.2, -0.15) is 18.3 Å². The van der Waals surface area contributed by atoms with Crippen LogP contribution in [-0.4, -0.2) is 57.6 Å². The highest BCUT2D eigenvalue weighted by Crippen LogP contribution is 2.44. The number of carbonyl (C=O) groups excluding carboxylic acids is 2. The number of hydrogen-bond donors (Lipinski definition) is 1. The van der Waals surface area contributed by atoms with Crippen LogP contribution >= 0.6 is 11.6 Å². The van der Waals surface area contributed by atoms with Crippen molar-refractivity contribution in [1.29, 1.82) is 0 Å². The van der Waals surface area contributed by atoms with Crippen LogP contribution in [-0.2, 0) is 11.0 Å². The van der Waals surface area contributed by atoms with E-state index >= 15 is 0 Å². The Morgan fingerprint density at radius 3 is 2.28 bits per heavy atom. The van der Waals surface area contributed by atoms with Crippen LogP contribution in [0, 0.1) is 16.7 Å². The molecule has 0 saturated heterocycles. The Bertz CT molecular complexity index is 1350. The van der Waals surface area contributed by atoms with Crippen molar-refractivity contribution in [2.45, 2.75) is 84.4 Å². The first kappa shape index (κ1) is 32.8. The minimum Gasteiger partial charge on any atom is -0.496 e. The van der Waals surface area contributed by atoms with Crippen molar-refractivity contribution in [2.75, 3.05) is 20.2 Å². The van der Waals surface area contributed by atoms with E-state index in [2.05, 4.69) is 18.9 Å². The second-order valence-corrected chi connectivity index (χ2v) is 13.4. The molecule has 0 atom stereocenters. The Labute approximate surface area is 254 Å². The summed E-state index contributed by atoms with van der Waals surface area (Å²) in [5.41, 5.74) is -2.64. The number of rotatable bonds is 9. The molecule has 2 saturated carbocycles. The molecule has 0 radical (unpaired) electrons. The van der Waals surface area contributed by atoms with Gasteiger partial charge in [-0.05, 0) is 81.8 Å². The molecule has 1 heterocycles. The molecular formula is C31H39ClF3N3O5. The Kier molecular flexibility index (Phi) is 9.54. The highest BCUT2D eigenvalue weighted by molar-refractivity contribution is 6.34. The Hall–Kier alpha value is -3.08. The summed E-state index contributed by atoms with van der Waals surface area (Å²) >= 11 is 6.32. The minimum absolute atomic E-state index is 0.00865. The number of carboxylic acid groups (broad SMARTS) is 1. The van der Waals surface area contributed by atoms with Gasteiger partial charge in [0, 0.05) is 6.54 Å². The molecule has 0 aliphatic heterocycles. The SMILES string of the molecule is COc1cccc(Cl)c1C(=O)CN(CC1CCC(C)(C)CC1)C(=O)c1cnn([C@H]2CC[C@](C)(C(=O)O)CC2)c1C(F)(F)F. The molecule has 1 N–H and O–H groups in total. The zero-order valence-corrected chi connectivity index (χ0v) is 25.7. The lowest BCUT2D eigenvalue weighted by molar-refractivity contribution is -0.152. The standard InChI is InChI=1S/C31H39ClF3N3O5/c1-29(2)12-8-19(9-13-29)17-37(18-23(39)25-22(32)6-5-7-24(25)43-4)27(40)21-16-36-38(26(21)31(33,34)35)20-10-14-30(3,15-11-20)28(41)42/h5-7,16,19-20H,8-15,17-18H2,1-4H3,(H,41,42)/t20-,30-. The first-order chi connectivity index (χ1) is 20.1. The molecule has 0 bridgehead atoms. The topological polar surface area (TPSA) is 102 Å². The van der Waals surface area contributed by atoms with E-state index in [-0.39, 0.29) is 59.9 Å². The molecule has 4 rings (SSSR count). The van der Waals surface area contributed by atoms with Crippen LogP contribution in [0.1, 0.15) is 105 Å². The number of Topliss-reactive ketones (excluding diaryl/α,β-unsaturated/α-hetero) is 1. The molecule has 2 fully saturated rings. The second-order valence-electron chi connectivity index (χ2n) is 13.0. The summed E-state index contributed by atoms with van der Waals surface area (Å²) < 4.78 is 49.9. The van der Waals surface area contributed by atoms with Gasteiger partial charge >= 0.3 is 12.1 Å². The molecule has 43 heavy (non-hydrogen) atoms. The number of halogens is 4. The summed E-state index contributed by atoms with van der Waals surface area (Å²) in [6.45, 7) is 5.53. The van der Waals surface area contributed by atoms with Crippen molar-refractivity contribution in [1.82, 2.24) is 14.7 Å². The lowest BCUT2D eigenvalue weighted by atomic mass is 9.73. The third kappa shape index (κ3) is 7.19. The Balaban J connectivity index is 1.67. The van der Waals surface area contributed by atoms with Crippen molar-refractivity contribution < 1.29 is 37.4 Å². The van der Waals surface area contributed by atoms with Crippen LogP contribution in [0.2, 0.25) is 5.02 Å². The van der Waals surface area contributed by atoms with Crippen molar-refractivity contribution in [3.05, 3.63) is 46.2 Å². The number of ketones is 1. The van der Waals surface area contributed by atoms with E-state index in [9.17, 15) is 32.7 Å². The van der Waals surface area contributed by atoms with Gasteiger partial charge in [0.2, 0.25) is 0 Å². The highest BCUT2D eigenvalue weighted by Gasteiger charge is 2.45. The third-order valence-electron chi connectivity index (χ3n) is 9.25. The number of aliphatic carboxylic acids is 1. The largest absolute Gasteiger partial charge is 0.496 e. The van der Waals surface area contributed by atoms with Gasteiger partial charge in [-0.15, -0.1) is 0 Å². The molecule has 1 aromatic heterocycles. The van der Waals surface area contributed by atoms with Crippen molar-refractivity contribution >= 4 is 29.3 Å². The number of carbonyl (C=O) groups is 3. The summed E-state index contributed by atoms with van der Waals surface area (Å²) in [7, 11) is 1.38. The van der Waals surface area contributed by atoms with Gasteiger partial charge in [0.15, 0.2) is 11.5 Å². The average molecular weight is 626 g/mol. The first-order valence-electron chi connectivity index (χ1n) is 14.6. The monoisotopic (exact) mass is 625 g/mol. The summed E-state index contributed by atoms with van der Waals surface area (Å²) in [4.78, 5) is 40.4. The zero-order valence-electron chi connectivity index (χ0n) is 25.0. The molecule has 12 heteroatoms. The second kappa shape index (κ2) is 12.5. The summed E-state index contributed by atoms with van der Waals surface area (Å²) in [5.74, 6) is -2.25. The molecule has 0 unspecified atom stereocenters. The smallest absolute Gasteiger partial charge is 0.433 e. The number of benzene rings is 1. The number of carboxylic acids is 1. The molecular weight excluding hydrogens is 587 g/mol. The Morgan fingerprint density at radius 1 is 1.09 bits per heavy atom. The number of ether oxygens (including phenoxy) is 1. The fourth-order valence-corrected chi connectivity index (χ4v) is 6.59. The van der Waals surface area contributed by atoms with Gasteiger partial charge in [-0.1, -0.05) is 31.5 Å². The van der Waals surface area contributed by atoms with Crippen molar-refractivity contribution in [3.63, 3.8) is 0 Å². The maximum atomic E-state index is 14.6. The number of aromatic nitrogens is 2. The maximum Gasteiger partial charge on any atom is 0.433 e. The fraction of sp³-hybridized carbons (Fsp3) is 0.613. The minimum atomic E-state index is -4.91. The van der Waals surface area contributed by atoms with Gasteiger partial charge < -0.3 is 14.7 Å². The molecule has 236 valence electrons. The fourth-order valence-electron chi connectivity index (χ4n) is 6.32. The quantitative estimate of drug-likeness (QED) is 0.293. The van der Waals surface area contributed by atoms with Gasteiger partial charge in [0.25, 0.3) is 5.91 Å². The Morgan fingerprint density at radius 2 is 1.72 bits per heavy atom. The highest BCUT2D eigenvalue weighted by atomic mass is 35.5. The van der Waals surface area contributed by atoms with Crippen LogP contribution in [0.25, 0.3) is 0 Å². The first-order valence-corrected chi connectivity index (χ1v) is 15.0. The molecule has 8 nitrogen and oxygen atoms in total. The van der Waals surface area contributed by atoms with E-state index in [0.717, 1.165) is 36.6 Å². The van der Waals surface area contributed by atoms with Crippen LogP contribution in [0.5, 0.6) is 5.75 Å². The number of methoxy groups -OCH3 is 1. The van der Waals surface area contributed by atoms with Crippen molar-refractivity contribution in [3.8, 4) is 5.75 Å². The van der Waals surface area contributed by atoms with Crippen LogP contribution in [0.3, 0.4) is 0 Å². The van der Waals surface area contributed by atoms with E-state index < -0.39 is 53.1 Å². The van der Waals surface area contributed by atoms with E-state index in [0.29, 0.717) is 0 Å². The van der Waals surface area contributed by atoms with Crippen molar-refractivity contribution in [2.24, 2.45) is 16.7 Å². The predicted molar refractivity (Wildman–Crippen MR) is 154 cm³/mol. The van der Waals surface area contributed by atoms with Gasteiger partial charge in [-0.25, -0.2) is 0 Å². The zero-order chi connectivity index (χ0) is 31.7. The third-order valence-corrected chi connectivity index (χ3v) is 9.56. The molecule has 1 amide bonds. The summed E-state index contributed by atoms with van der Waals surface area (Å²) in [6.07, 6.45) is 0.0769. The molecule has 2 aromatic rings. The summed E-state index contributed by atoms with van der Waals surface area (Å²) in [5, 5.41) is 13.7. The van der Waals surface area contributed by atoms with E-state index in [4.69, 9.17) is 16.3 Å². The number of hydrogen-bond acceptors (Lipinski definition) is 5. The lowest BCUT2D eigenvalue weighted by Gasteiger charge is -2.36. The molecule has 0 spiro atoms. The van der Waals surface area contributed by atoms with E-state index in [1.54, 1.807) is 19.1 Å². The predicted octanol–water partition coefficient (Wildman–Crippen LogP) is 7.31.